The predicted octanol–water partition coefficient (Wildman–Crippen LogP) is 5.46. The van der Waals surface area contributed by atoms with E-state index < -0.39 is 0 Å². The van der Waals surface area contributed by atoms with Crippen LogP contribution in [0.25, 0.3) is 0 Å². The third-order valence-corrected chi connectivity index (χ3v) is 5.56. The maximum Gasteiger partial charge on any atom is 0.305 e. The molecule has 0 aromatic heterocycles. The molecule has 0 heterocycles. The molecule has 1 unspecified atom stereocenters. The molecule has 0 saturated heterocycles. The van der Waals surface area contributed by atoms with Gasteiger partial charge in [-0.2, -0.15) is 0 Å². The van der Waals surface area contributed by atoms with Crippen molar-refractivity contribution in [2.24, 2.45) is 0 Å². The summed E-state index contributed by atoms with van der Waals surface area (Å²) in [5.41, 5.74) is 3.23. The first-order valence-electron chi connectivity index (χ1n) is 12.0. The first-order valence-corrected chi connectivity index (χ1v) is 12.0. The van der Waals surface area contributed by atoms with E-state index in [4.69, 9.17) is 4.74 Å². The van der Waals surface area contributed by atoms with Crippen LogP contribution in [0.1, 0.15) is 60.1 Å². The number of amides is 2. The van der Waals surface area contributed by atoms with Gasteiger partial charge in [0.1, 0.15) is 0 Å². The zero-order valence-electron chi connectivity index (χ0n) is 20.0. The van der Waals surface area contributed by atoms with Gasteiger partial charge < -0.3 is 15.4 Å². The second-order valence-corrected chi connectivity index (χ2v) is 8.40. The van der Waals surface area contributed by atoms with E-state index in [2.05, 4.69) is 10.6 Å². The van der Waals surface area contributed by atoms with Gasteiger partial charge in [-0.25, -0.2) is 0 Å². The minimum Gasteiger partial charge on any atom is -0.466 e. The Morgan fingerprint density at radius 1 is 0.829 bits per heavy atom. The highest BCUT2D eigenvalue weighted by molar-refractivity contribution is 5.97. The summed E-state index contributed by atoms with van der Waals surface area (Å²) in [6.45, 7) is 2.30. The number of ether oxygens (including phenoxy) is 1. The number of carbonyl (C=O) groups is 3. The molecule has 0 aliphatic carbocycles. The molecule has 0 aliphatic rings. The first kappa shape index (κ1) is 25.7. The Morgan fingerprint density at radius 2 is 1.54 bits per heavy atom. The molecule has 182 valence electrons. The summed E-state index contributed by atoms with van der Waals surface area (Å²) in [6.07, 6.45) is 2.42. The summed E-state index contributed by atoms with van der Waals surface area (Å²) in [4.78, 5) is 36.8. The standard InChI is InChI=1S/C29H32N2O4/c1-22(24-14-6-3-7-15-24)30-29(34)25-16-8-17-26(21-25)31-27(32)18-9-19-28(33)35-20-10-13-23-11-4-2-5-12-23/h2-8,11-12,14-17,21-22H,9-10,13,18-20H2,1H3,(H,30,34)(H,31,32). The number of hydrogen-bond donors (Lipinski definition) is 2. The Kier molecular flexibility index (Phi) is 10.1. The number of benzene rings is 3. The molecule has 0 saturated carbocycles. The van der Waals surface area contributed by atoms with Crippen molar-refractivity contribution in [2.45, 2.75) is 45.1 Å². The van der Waals surface area contributed by atoms with E-state index in [-0.39, 0.29) is 36.7 Å². The van der Waals surface area contributed by atoms with Crippen molar-refractivity contribution < 1.29 is 19.1 Å². The molecule has 35 heavy (non-hydrogen) atoms. The third kappa shape index (κ3) is 9.08. The monoisotopic (exact) mass is 472 g/mol. The molecule has 6 nitrogen and oxygen atoms in total. The topological polar surface area (TPSA) is 84.5 Å². The SMILES string of the molecule is CC(NC(=O)c1cccc(NC(=O)CCCC(=O)OCCCc2ccccc2)c1)c1ccccc1. The molecule has 6 heteroatoms. The number of nitrogens with one attached hydrogen (secondary N) is 2. The van der Waals surface area contributed by atoms with E-state index in [0.29, 0.717) is 24.3 Å². The van der Waals surface area contributed by atoms with E-state index in [1.165, 1.54) is 5.56 Å². The molecule has 1 atom stereocenters. The highest BCUT2D eigenvalue weighted by Gasteiger charge is 2.13. The number of esters is 1. The van der Waals surface area contributed by atoms with Gasteiger partial charge in [0.25, 0.3) is 5.91 Å². The Bertz CT molecular complexity index is 1100. The van der Waals surface area contributed by atoms with Crippen molar-refractivity contribution in [3.05, 3.63) is 102 Å². The normalized spacial score (nSPS) is 11.3. The van der Waals surface area contributed by atoms with Gasteiger partial charge in [0, 0.05) is 24.1 Å². The van der Waals surface area contributed by atoms with Gasteiger partial charge in [-0.1, -0.05) is 66.7 Å². The minimum absolute atomic E-state index is 0.139. The molecule has 0 fully saturated rings. The summed E-state index contributed by atoms with van der Waals surface area (Å²) in [6, 6.07) is 26.4. The van der Waals surface area contributed by atoms with Gasteiger partial charge in [-0.3, -0.25) is 14.4 Å². The van der Waals surface area contributed by atoms with Gasteiger partial charge in [0.05, 0.1) is 12.6 Å². The van der Waals surface area contributed by atoms with Crippen molar-refractivity contribution in [1.29, 1.82) is 0 Å². The minimum atomic E-state index is -0.294. The van der Waals surface area contributed by atoms with Crippen LogP contribution in [0, 0.1) is 0 Å². The lowest BCUT2D eigenvalue weighted by atomic mass is 10.1. The number of rotatable bonds is 12. The molecule has 3 aromatic rings. The van der Waals surface area contributed by atoms with Gasteiger partial charge in [0.2, 0.25) is 5.91 Å². The van der Waals surface area contributed by atoms with Crippen molar-refractivity contribution in [3.8, 4) is 0 Å². The zero-order valence-corrected chi connectivity index (χ0v) is 20.0. The van der Waals surface area contributed by atoms with E-state index in [9.17, 15) is 14.4 Å². The highest BCUT2D eigenvalue weighted by atomic mass is 16.5. The predicted molar refractivity (Wildman–Crippen MR) is 137 cm³/mol. The smallest absolute Gasteiger partial charge is 0.305 e. The van der Waals surface area contributed by atoms with Crippen molar-refractivity contribution in [1.82, 2.24) is 5.32 Å². The second kappa shape index (κ2) is 13.7. The van der Waals surface area contributed by atoms with Crippen LogP contribution in [0.3, 0.4) is 0 Å². The van der Waals surface area contributed by atoms with E-state index in [1.54, 1.807) is 24.3 Å². The molecule has 0 bridgehead atoms. The quantitative estimate of drug-likeness (QED) is 0.271. The summed E-state index contributed by atoms with van der Waals surface area (Å²) in [5.74, 6) is -0.721. The summed E-state index contributed by atoms with van der Waals surface area (Å²) < 4.78 is 5.25. The second-order valence-electron chi connectivity index (χ2n) is 8.40. The van der Waals surface area contributed by atoms with Crippen LogP contribution in [-0.2, 0) is 20.7 Å². The van der Waals surface area contributed by atoms with Crippen molar-refractivity contribution in [3.63, 3.8) is 0 Å². The Morgan fingerprint density at radius 3 is 2.29 bits per heavy atom. The van der Waals surface area contributed by atoms with E-state index in [0.717, 1.165) is 18.4 Å². The number of anilines is 1. The number of carbonyl (C=O) groups excluding carboxylic acids is 3. The molecule has 3 aromatic carbocycles. The molecule has 0 aliphatic heterocycles. The van der Waals surface area contributed by atoms with Crippen LogP contribution >= 0.6 is 0 Å². The molecule has 2 N–H and O–H groups in total. The van der Waals surface area contributed by atoms with E-state index in [1.807, 2.05) is 67.6 Å². The summed E-state index contributed by atoms with van der Waals surface area (Å²) in [7, 11) is 0. The van der Waals surface area contributed by atoms with Crippen LogP contribution in [0.4, 0.5) is 5.69 Å². The number of aryl methyl sites for hydroxylation is 1. The van der Waals surface area contributed by atoms with Crippen LogP contribution in [-0.4, -0.2) is 24.4 Å². The highest BCUT2D eigenvalue weighted by Crippen LogP contribution is 2.15. The summed E-state index contributed by atoms with van der Waals surface area (Å²) in [5, 5.41) is 5.76. The average Bonchev–Trinajstić information content (AvgIpc) is 2.88. The molecule has 0 spiro atoms. The zero-order chi connectivity index (χ0) is 24.9. The fourth-order valence-corrected chi connectivity index (χ4v) is 3.64. The molecular weight excluding hydrogens is 440 g/mol. The fraction of sp³-hybridized carbons (Fsp3) is 0.276. The Hall–Kier alpha value is -3.93. The molecule has 2 amide bonds. The molecular formula is C29H32N2O4. The van der Waals surface area contributed by atoms with Crippen LogP contribution < -0.4 is 10.6 Å². The van der Waals surface area contributed by atoms with Gasteiger partial charge in [0.15, 0.2) is 0 Å². The van der Waals surface area contributed by atoms with Gasteiger partial charge in [-0.05, 0) is 55.5 Å². The van der Waals surface area contributed by atoms with Crippen LogP contribution in [0.15, 0.2) is 84.9 Å². The lowest BCUT2D eigenvalue weighted by Gasteiger charge is -2.15. The maximum atomic E-state index is 12.6. The third-order valence-electron chi connectivity index (χ3n) is 5.56. The first-order chi connectivity index (χ1) is 17.0. The van der Waals surface area contributed by atoms with Gasteiger partial charge >= 0.3 is 5.97 Å². The van der Waals surface area contributed by atoms with Crippen LogP contribution in [0.2, 0.25) is 0 Å². The molecule has 0 radical (unpaired) electrons. The molecule has 3 rings (SSSR count). The lowest BCUT2D eigenvalue weighted by Crippen LogP contribution is -2.26. The fourth-order valence-electron chi connectivity index (χ4n) is 3.64. The van der Waals surface area contributed by atoms with Crippen molar-refractivity contribution >= 4 is 23.5 Å². The van der Waals surface area contributed by atoms with Crippen LogP contribution in [0.5, 0.6) is 0 Å². The average molecular weight is 473 g/mol. The van der Waals surface area contributed by atoms with Crippen molar-refractivity contribution in [2.75, 3.05) is 11.9 Å². The Balaban J connectivity index is 1.35. The Labute approximate surface area is 206 Å². The van der Waals surface area contributed by atoms with E-state index >= 15 is 0 Å². The largest absolute Gasteiger partial charge is 0.466 e. The lowest BCUT2D eigenvalue weighted by molar-refractivity contribution is -0.143. The summed E-state index contributed by atoms with van der Waals surface area (Å²) >= 11 is 0. The maximum absolute atomic E-state index is 12.6. The number of hydrogen-bond acceptors (Lipinski definition) is 4. The van der Waals surface area contributed by atoms with Gasteiger partial charge in [-0.15, -0.1) is 0 Å².